The van der Waals surface area contributed by atoms with Crippen molar-refractivity contribution in [3.8, 4) is 0 Å². The van der Waals surface area contributed by atoms with E-state index in [1.165, 1.54) is 6.07 Å². The Labute approximate surface area is 147 Å². The van der Waals surface area contributed by atoms with Crippen molar-refractivity contribution < 1.29 is 22.4 Å². The topological polar surface area (TPSA) is 58.4 Å². The molecule has 0 fully saturated rings. The molecule has 0 bridgehead atoms. The van der Waals surface area contributed by atoms with Crippen LogP contribution in [0.15, 0.2) is 46.2 Å². The predicted octanol–water partition coefficient (Wildman–Crippen LogP) is 3.20. The minimum atomic E-state index is -4.42. The van der Waals surface area contributed by atoms with Crippen LogP contribution in [-0.4, -0.2) is 42.2 Å². The summed E-state index contributed by atoms with van der Waals surface area (Å²) in [4.78, 5) is 17.6. The lowest BCUT2D eigenvalue weighted by molar-refractivity contribution is -0.137. The van der Waals surface area contributed by atoms with Crippen LogP contribution in [0.25, 0.3) is 0 Å². The number of hydrogen-bond donors (Lipinski definition) is 1. The van der Waals surface area contributed by atoms with Crippen LogP contribution >= 0.6 is 11.8 Å². The molecule has 1 N–H and O–H groups in total. The average molecular weight is 373 g/mol. The number of nitrogens with one attached hydrogen (secondary N) is 1. The van der Waals surface area contributed by atoms with Gasteiger partial charge in [0.05, 0.1) is 28.6 Å². The number of nitrogens with zero attached hydrogens (tertiary/aromatic N) is 2. The number of carbonyl (C=O) groups excluding carboxylic acids is 1. The molecule has 2 rings (SSSR count). The SMILES string of the molecule is CN(C)C(CNC(=O)CSc1ccc(C(F)(F)F)cn1)c1ccco1. The van der Waals surface area contributed by atoms with Crippen molar-refractivity contribution in [3.05, 3.63) is 48.0 Å². The zero-order valence-electron chi connectivity index (χ0n) is 13.7. The lowest BCUT2D eigenvalue weighted by Crippen LogP contribution is -2.35. The molecule has 9 heteroatoms. The van der Waals surface area contributed by atoms with E-state index in [1.807, 2.05) is 25.1 Å². The summed E-state index contributed by atoms with van der Waals surface area (Å²) >= 11 is 1.08. The highest BCUT2D eigenvalue weighted by molar-refractivity contribution is 7.99. The van der Waals surface area contributed by atoms with Gasteiger partial charge in [-0.2, -0.15) is 13.2 Å². The summed E-state index contributed by atoms with van der Waals surface area (Å²) < 4.78 is 42.8. The second kappa shape index (κ2) is 8.39. The van der Waals surface area contributed by atoms with Crippen LogP contribution in [0.2, 0.25) is 0 Å². The van der Waals surface area contributed by atoms with Crippen LogP contribution < -0.4 is 5.32 Å². The third-order valence-electron chi connectivity index (χ3n) is 3.40. The first-order chi connectivity index (χ1) is 11.8. The molecule has 0 aromatic carbocycles. The monoisotopic (exact) mass is 373 g/mol. The van der Waals surface area contributed by atoms with Crippen LogP contribution in [0.4, 0.5) is 13.2 Å². The molecule has 0 radical (unpaired) electrons. The van der Waals surface area contributed by atoms with Crippen molar-refractivity contribution in [2.45, 2.75) is 17.2 Å². The van der Waals surface area contributed by atoms with Gasteiger partial charge in [0.25, 0.3) is 0 Å². The van der Waals surface area contributed by atoms with Crippen molar-refractivity contribution in [1.82, 2.24) is 15.2 Å². The Kier molecular flexibility index (Phi) is 6.49. The molecule has 0 saturated carbocycles. The number of rotatable bonds is 7. The van der Waals surface area contributed by atoms with E-state index in [0.29, 0.717) is 11.6 Å². The normalized spacial score (nSPS) is 13.0. The molecule has 0 aliphatic carbocycles. The molecule has 1 atom stereocenters. The first-order valence-electron chi connectivity index (χ1n) is 7.40. The number of pyridine rings is 1. The van der Waals surface area contributed by atoms with E-state index >= 15 is 0 Å². The Balaban J connectivity index is 1.82. The second-order valence-electron chi connectivity index (χ2n) is 5.47. The smallest absolute Gasteiger partial charge is 0.417 e. The molecule has 0 saturated heterocycles. The lowest BCUT2D eigenvalue weighted by Gasteiger charge is -2.22. The molecule has 0 aliphatic rings. The first-order valence-corrected chi connectivity index (χ1v) is 8.38. The minimum Gasteiger partial charge on any atom is -0.468 e. The molecule has 1 amide bonds. The molecule has 136 valence electrons. The molecule has 2 aromatic heterocycles. The van der Waals surface area contributed by atoms with Crippen molar-refractivity contribution >= 4 is 17.7 Å². The van der Waals surface area contributed by atoms with Crippen LogP contribution in [-0.2, 0) is 11.0 Å². The zero-order valence-corrected chi connectivity index (χ0v) is 14.5. The van der Waals surface area contributed by atoms with Crippen molar-refractivity contribution in [3.63, 3.8) is 0 Å². The Morgan fingerprint density at radius 1 is 1.36 bits per heavy atom. The molecule has 0 spiro atoms. The Morgan fingerprint density at radius 2 is 2.12 bits per heavy atom. The van der Waals surface area contributed by atoms with Gasteiger partial charge in [-0.3, -0.25) is 9.69 Å². The average Bonchev–Trinajstić information content (AvgIpc) is 3.06. The minimum absolute atomic E-state index is 0.0661. The maximum atomic E-state index is 12.5. The fourth-order valence-corrected chi connectivity index (χ4v) is 2.73. The third-order valence-corrected chi connectivity index (χ3v) is 4.35. The molecular weight excluding hydrogens is 355 g/mol. The number of alkyl halides is 3. The fourth-order valence-electron chi connectivity index (χ4n) is 2.05. The highest BCUT2D eigenvalue weighted by atomic mass is 32.2. The number of furan rings is 1. The van der Waals surface area contributed by atoms with Gasteiger partial charge in [0.2, 0.25) is 5.91 Å². The Morgan fingerprint density at radius 3 is 2.64 bits per heavy atom. The van der Waals surface area contributed by atoms with Crippen molar-refractivity contribution in [2.24, 2.45) is 0 Å². The van der Waals surface area contributed by atoms with Gasteiger partial charge in [0.1, 0.15) is 5.76 Å². The summed E-state index contributed by atoms with van der Waals surface area (Å²) in [7, 11) is 3.75. The van der Waals surface area contributed by atoms with E-state index in [0.717, 1.165) is 29.8 Å². The summed E-state index contributed by atoms with van der Waals surface area (Å²) in [6.45, 7) is 0.361. The Bertz CT molecular complexity index is 673. The molecule has 2 heterocycles. The number of likely N-dealkylation sites (N-methyl/N-ethyl adjacent to an activating group) is 1. The number of carbonyl (C=O) groups is 1. The van der Waals surface area contributed by atoms with E-state index in [2.05, 4.69) is 10.3 Å². The number of hydrogen-bond acceptors (Lipinski definition) is 5. The maximum Gasteiger partial charge on any atom is 0.417 e. The highest BCUT2D eigenvalue weighted by Crippen LogP contribution is 2.29. The van der Waals surface area contributed by atoms with Crippen molar-refractivity contribution in [1.29, 1.82) is 0 Å². The van der Waals surface area contributed by atoms with E-state index in [9.17, 15) is 18.0 Å². The molecule has 5 nitrogen and oxygen atoms in total. The van der Waals surface area contributed by atoms with E-state index in [1.54, 1.807) is 12.3 Å². The fraction of sp³-hybridized carbons (Fsp3) is 0.375. The molecule has 25 heavy (non-hydrogen) atoms. The highest BCUT2D eigenvalue weighted by Gasteiger charge is 2.30. The summed E-state index contributed by atoms with van der Waals surface area (Å²) in [5, 5.41) is 3.15. The summed E-state index contributed by atoms with van der Waals surface area (Å²) in [6.07, 6.45) is -2.08. The van der Waals surface area contributed by atoms with Gasteiger partial charge in [-0.25, -0.2) is 4.98 Å². The van der Waals surface area contributed by atoms with Gasteiger partial charge in [-0.05, 0) is 38.4 Å². The van der Waals surface area contributed by atoms with Crippen LogP contribution in [0.3, 0.4) is 0 Å². The van der Waals surface area contributed by atoms with Crippen LogP contribution in [0, 0.1) is 0 Å². The van der Waals surface area contributed by atoms with Gasteiger partial charge in [-0.1, -0.05) is 11.8 Å². The summed E-state index contributed by atoms with van der Waals surface area (Å²) in [6, 6.07) is 5.71. The maximum absolute atomic E-state index is 12.5. The quantitative estimate of drug-likeness (QED) is 0.756. The number of amides is 1. The number of thioether (sulfide) groups is 1. The van der Waals surface area contributed by atoms with E-state index in [4.69, 9.17) is 4.42 Å². The molecular formula is C16H18F3N3O2S. The largest absolute Gasteiger partial charge is 0.468 e. The van der Waals surface area contributed by atoms with Crippen LogP contribution in [0.5, 0.6) is 0 Å². The predicted molar refractivity (Wildman–Crippen MR) is 88.1 cm³/mol. The van der Waals surface area contributed by atoms with Gasteiger partial charge in [-0.15, -0.1) is 0 Å². The first kappa shape index (κ1) is 19.3. The third kappa shape index (κ3) is 5.79. The van der Waals surface area contributed by atoms with E-state index < -0.39 is 11.7 Å². The van der Waals surface area contributed by atoms with Gasteiger partial charge >= 0.3 is 6.18 Å². The van der Waals surface area contributed by atoms with Gasteiger partial charge in [0, 0.05) is 12.7 Å². The lowest BCUT2D eigenvalue weighted by atomic mass is 10.2. The summed E-state index contributed by atoms with van der Waals surface area (Å²) in [5.74, 6) is 0.573. The number of halogens is 3. The van der Waals surface area contributed by atoms with Gasteiger partial charge in [0.15, 0.2) is 0 Å². The van der Waals surface area contributed by atoms with Crippen LogP contribution in [0.1, 0.15) is 17.4 Å². The van der Waals surface area contributed by atoms with E-state index in [-0.39, 0.29) is 17.7 Å². The standard InChI is InChI=1S/C16H18F3N3O2S/c1-22(2)12(13-4-3-7-24-13)9-20-14(23)10-25-15-6-5-11(8-21-15)16(17,18)19/h3-8,12H,9-10H2,1-2H3,(H,20,23). The molecule has 2 aromatic rings. The number of aromatic nitrogens is 1. The zero-order chi connectivity index (χ0) is 18.4. The van der Waals surface area contributed by atoms with Gasteiger partial charge < -0.3 is 9.73 Å². The summed E-state index contributed by atoms with van der Waals surface area (Å²) in [5.41, 5.74) is -0.812. The molecule has 0 aliphatic heterocycles. The van der Waals surface area contributed by atoms with Crippen molar-refractivity contribution in [2.75, 3.05) is 26.4 Å². The second-order valence-corrected chi connectivity index (χ2v) is 6.47. The molecule has 1 unspecified atom stereocenters. The Hall–Kier alpha value is -2.00.